The third-order valence-corrected chi connectivity index (χ3v) is 7.92. The zero-order chi connectivity index (χ0) is 28.9. The Morgan fingerprint density at radius 1 is 0.976 bits per heavy atom. The lowest BCUT2D eigenvalue weighted by Crippen LogP contribution is -2.44. The van der Waals surface area contributed by atoms with Crippen molar-refractivity contribution in [2.24, 2.45) is 5.73 Å². The molecule has 7 N–H and O–H groups in total. The van der Waals surface area contributed by atoms with E-state index in [0.29, 0.717) is 28.8 Å². The van der Waals surface area contributed by atoms with E-state index in [9.17, 15) is 13.6 Å². The molecule has 3 aromatic carbocycles. The Morgan fingerprint density at radius 3 is 2.39 bits per heavy atom. The van der Waals surface area contributed by atoms with Crippen molar-refractivity contribution in [1.82, 2.24) is 15.5 Å². The zero-order valence-electron chi connectivity index (χ0n) is 23.4. The average molecular weight is 564 g/mol. The van der Waals surface area contributed by atoms with Gasteiger partial charge in [-0.05, 0) is 93.0 Å². The van der Waals surface area contributed by atoms with Crippen LogP contribution in [0.5, 0.6) is 0 Å². The lowest BCUT2D eigenvalue weighted by atomic mass is 10.00. The zero-order valence-corrected chi connectivity index (χ0v) is 23.4. The minimum absolute atomic E-state index is 0.263. The Morgan fingerprint density at radius 2 is 1.68 bits per heavy atom. The molecule has 2 saturated heterocycles. The molecule has 0 aromatic heterocycles. The number of piperazine rings is 1. The van der Waals surface area contributed by atoms with Gasteiger partial charge < -0.3 is 37.2 Å². The highest BCUT2D eigenvalue weighted by molar-refractivity contribution is 6.00. The number of amides is 1. The fraction of sp³-hybridized carbons (Fsp3) is 0.387. The molecular formula is C31H39F2N7O. The van der Waals surface area contributed by atoms with Crippen LogP contribution >= 0.6 is 0 Å². The average Bonchev–Trinajstić information content (AvgIpc) is 2.94. The summed E-state index contributed by atoms with van der Waals surface area (Å²) in [5.74, 6) is -1.57. The second-order valence-electron chi connectivity index (χ2n) is 11.1. The lowest BCUT2D eigenvalue weighted by molar-refractivity contribution is 0.0938. The summed E-state index contributed by atoms with van der Waals surface area (Å²) in [4.78, 5) is 18.3. The summed E-state index contributed by atoms with van der Waals surface area (Å²) in [5, 5.41) is 9.92. The fourth-order valence-corrected chi connectivity index (χ4v) is 5.55. The molecule has 1 amide bonds. The summed E-state index contributed by atoms with van der Waals surface area (Å²) in [6, 6.07) is 14.9. The van der Waals surface area contributed by atoms with Gasteiger partial charge in [0.1, 0.15) is 17.8 Å². The topological polar surface area (TPSA) is 112 Å². The van der Waals surface area contributed by atoms with Crippen LogP contribution in [0.25, 0.3) is 0 Å². The van der Waals surface area contributed by atoms with Crippen molar-refractivity contribution in [2.75, 3.05) is 62.3 Å². The maximum Gasteiger partial charge on any atom is 0.254 e. The maximum absolute atomic E-state index is 13.7. The van der Waals surface area contributed by atoms with Crippen LogP contribution in [0.1, 0.15) is 46.1 Å². The maximum atomic E-state index is 13.7. The molecule has 2 aliphatic heterocycles. The van der Waals surface area contributed by atoms with Crippen LogP contribution in [0, 0.1) is 11.6 Å². The molecule has 3 aromatic rings. The molecule has 0 spiro atoms. The molecule has 0 saturated carbocycles. The van der Waals surface area contributed by atoms with Crippen molar-refractivity contribution < 1.29 is 13.6 Å². The van der Waals surface area contributed by atoms with Crippen LogP contribution in [0.4, 0.5) is 25.8 Å². The summed E-state index contributed by atoms with van der Waals surface area (Å²) in [6.07, 6.45) is 1.35. The molecule has 0 radical (unpaired) electrons. The van der Waals surface area contributed by atoms with Crippen LogP contribution < -0.4 is 32.3 Å². The standard InChI is InChI=1S/C31H39F2N7O/c1-39-10-12-40(13-11-39)25-3-4-26(29(19-25)37-24-6-8-36-9-7-24)31(41)38-30(35)27-17-20(2-5-28(27)34)14-21-15-22(32)18-23(33)16-21/h2-5,15-19,24,30,36-37H,6-14,34-35H2,1H3,(H,38,41). The van der Waals surface area contributed by atoms with E-state index in [-0.39, 0.29) is 11.9 Å². The number of halogens is 2. The van der Waals surface area contributed by atoms with Crippen molar-refractivity contribution in [3.63, 3.8) is 0 Å². The Bertz CT molecular complexity index is 1350. The molecule has 41 heavy (non-hydrogen) atoms. The van der Waals surface area contributed by atoms with Crippen molar-refractivity contribution in [2.45, 2.75) is 31.5 Å². The number of nitrogen functional groups attached to an aromatic ring is 1. The van der Waals surface area contributed by atoms with E-state index in [0.717, 1.165) is 75.1 Å². The van der Waals surface area contributed by atoms with E-state index in [4.69, 9.17) is 11.5 Å². The fourth-order valence-electron chi connectivity index (χ4n) is 5.55. The molecule has 5 rings (SSSR count). The third kappa shape index (κ3) is 7.32. The van der Waals surface area contributed by atoms with Gasteiger partial charge in [-0.3, -0.25) is 4.79 Å². The summed E-state index contributed by atoms with van der Waals surface area (Å²) in [5.41, 5.74) is 17.3. The molecule has 8 nitrogen and oxygen atoms in total. The highest BCUT2D eigenvalue weighted by atomic mass is 19.1. The molecule has 218 valence electrons. The monoisotopic (exact) mass is 563 g/mol. The van der Waals surface area contributed by atoms with Gasteiger partial charge in [0.25, 0.3) is 5.91 Å². The Balaban J connectivity index is 1.35. The van der Waals surface area contributed by atoms with E-state index in [1.54, 1.807) is 18.2 Å². The molecule has 2 aliphatic rings. The Labute approximate surface area is 240 Å². The van der Waals surface area contributed by atoms with Gasteiger partial charge in [0.15, 0.2) is 0 Å². The molecular weight excluding hydrogens is 524 g/mol. The van der Waals surface area contributed by atoms with Crippen LogP contribution in [-0.4, -0.2) is 63.2 Å². The van der Waals surface area contributed by atoms with Gasteiger partial charge in [-0.1, -0.05) is 6.07 Å². The molecule has 1 unspecified atom stereocenters. The van der Waals surface area contributed by atoms with E-state index < -0.39 is 17.8 Å². The lowest BCUT2D eigenvalue weighted by Gasteiger charge is -2.34. The Kier molecular flexibility index (Phi) is 9.02. The second kappa shape index (κ2) is 12.8. The van der Waals surface area contributed by atoms with Gasteiger partial charge in [-0.25, -0.2) is 8.78 Å². The van der Waals surface area contributed by atoms with Gasteiger partial charge in [0, 0.05) is 60.9 Å². The van der Waals surface area contributed by atoms with Gasteiger partial charge in [-0.2, -0.15) is 0 Å². The molecule has 0 bridgehead atoms. The van der Waals surface area contributed by atoms with E-state index >= 15 is 0 Å². The van der Waals surface area contributed by atoms with Crippen LogP contribution in [0.2, 0.25) is 0 Å². The van der Waals surface area contributed by atoms with Crippen LogP contribution in [0.3, 0.4) is 0 Å². The summed E-state index contributed by atoms with van der Waals surface area (Å²) < 4.78 is 27.4. The van der Waals surface area contributed by atoms with Gasteiger partial charge in [0.2, 0.25) is 0 Å². The van der Waals surface area contributed by atoms with Gasteiger partial charge in [-0.15, -0.1) is 0 Å². The molecule has 10 heteroatoms. The first-order chi connectivity index (χ1) is 19.7. The van der Waals surface area contributed by atoms with Crippen LogP contribution in [0.15, 0.2) is 54.6 Å². The minimum atomic E-state index is -0.879. The number of anilines is 3. The highest BCUT2D eigenvalue weighted by Gasteiger charge is 2.22. The van der Waals surface area contributed by atoms with Crippen molar-refractivity contribution in [3.05, 3.63) is 88.5 Å². The summed E-state index contributed by atoms with van der Waals surface area (Å²) >= 11 is 0. The van der Waals surface area contributed by atoms with Crippen molar-refractivity contribution in [3.8, 4) is 0 Å². The van der Waals surface area contributed by atoms with Gasteiger partial charge >= 0.3 is 0 Å². The third-order valence-electron chi connectivity index (χ3n) is 7.92. The first-order valence-corrected chi connectivity index (χ1v) is 14.2. The number of nitrogens with one attached hydrogen (secondary N) is 3. The quantitative estimate of drug-likeness (QED) is 0.211. The SMILES string of the molecule is CN1CCN(c2ccc(C(=O)NC(N)c3cc(Cc4cc(F)cc(F)c4)ccc3N)c(NC3CCNCC3)c2)CC1. The smallest absolute Gasteiger partial charge is 0.254 e. The number of nitrogens with two attached hydrogens (primary N) is 2. The molecule has 2 heterocycles. The number of hydrogen-bond donors (Lipinski definition) is 5. The number of piperidine rings is 1. The molecule has 1 atom stereocenters. The predicted molar refractivity (Wildman–Crippen MR) is 160 cm³/mol. The number of hydrogen-bond acceptors (Lipinski definition) is 7. The van der Waals surface area contributed by atoms with Crippen molar-refractivity contribution >= 4 is 23.0 Å². The number of benzene rings is 3. The largest absolute Gasteiger partial charge is 0.398 e. The van der Waals surface area contributed by atoms with E-state index in [2.05, 4.69) is 38.9 Å². The van der Waals surface area contributed by atoms with Gasteiger partial charge in [0.05, 0.1) is 5.56 Å². The summed E-state index contributed by atoms with van der Waals surface area (Å²) in [7, 11) is 2.13. The first-order valence-electron chi connectivity index (χ1n) is 14.2. The normalized spacial score (nSPS) is 17.3. The number of nitrogens with zero attached hydrogens (tertiary/aromatic N) is 2. The van der Waals surface area contributed by atoms with Crippen LogP contribution in [-0.2, 0) is 6.42 Å². The van der Waals surface area contributed by atoms with Crippen molar-refractivity contribution in [1.29, 1.82) is 0 Å². The Hall–Kier alpha value is -3.73. The summed E-state index contributed by atoms with van der Waals surface area (Å²) in [6.45, 7) is 5.70. The second-order valence-corrected chi connectivity index (χ2v) is 11.1. The molecule has 0 aliphatic carbocycles. The number of carbonyl (C=O) groups is 1. The predicted octanol–water partition coefficient (Wildman–Crippen LogP) is 3.44. The molecule has 2 fully saturated rings. The number of rotatable bonds is 8. The highest BCUT2D eigenvalue weighted by Crippen LogP contribution is 2.28. The van der Waals surface area contributed by atoms with E-state index in [1.807, 2.05) is 12.1 Å². The first kappa shape index (κ1) is 28.8. The minimum Gasteiger partial charge on any atom is -0.398 e. The van der Waals surface area contributed by atoms with E-state index in [1.165, 1.54) is 12.1 Å². The number of likely N-dealkylation sites (N-methyl/N-ethyl adjacent to an activating group) is 1. The number of carbonyl (C=O) groups excluding carboxylic acids is 1.